The predicted molar refractivity (Wildman–Crippen MR) is 87.2 cm³/mol. The number of carbonyl (C=O) groups is 1. The Bertz CT molecular complexity index is 397. The van der Waals surface area contributed by atoms with Crippen LogP contribution in [0.4, 0.5) is 0 Å². The zero-order valence-corrected chi connectivity index (χ0v) is 12.4. The van der Waals surface area contributed by atoms with Crippen LogP contribution in [0.5, 0.6) is 0 Å². The number of allylic oxidation sites excluding steroid dienone is 3. The molecule has 0 saturated carbocycles. The Hall–Kier alpha value is -2.09. The van der Waals surface area contributed by atoms with Gasteiger partial charge in [-0.1, -0.05) is 71.2 Å². The molecule has 0 aromatic heterocycles. The molecule has 0 saturated heterocycles. The Labute approximate surface area is 119 Å². The fourth-order valence-electron chi connectivity index (χ4n) is 1.03. The van der Waals surface area contributed by atoms with E-state index in [2.05, 4.69) is 18.5 Å². The summed E-state index contributed by atoms with van der Waals surface area (Å²) in [5.41, 5.74) is 1.16. The number of hydrogen-bond acceptors (Lipinski definition) is 1. The highest BCUT2D eigenvalue weighted by Crippen LogP contribution is 1.99. The fraction of sp³-hybridized carbons (Fsp3) is 0.235. The van der Waals surface area contributed by atoms with E-state index in [0.29, 0.717) is 11.3 Å². The average molecular weight is 261 g/mol. The van der Waals surface area contributed by atoms with E-state index in [0.717, 1.165) is 0 Å². The molecular formula is C17H27NO. The summed E-state index contributed by atoms with van der Waals surface area (Å²) < 4.78 is 0. The minimum atomic E-state index is -0.158. The predicted octanol–water partition coefficient (Wildman–Crippen LogP) is 4.97. The summed E-state index contributed by atoms with van der Waals surface area (Å²) in [6, 6.07) is 9.00. The van der Waals surface area contributed by atoms with Crippen LogP contribution in [-0.4, -0.2) is 5.91 Å². The van der Waals surface area contributed by atoms with Crippen molar-refractivity contribution in [3.05, 3.63) is 73.0 Å². The van der Waals surface area contributed by atoms with E-state index in [1.54, 1.807) is 30.4 Å². The number of carbonyl (C=O) groups excluding carboxylic acids is 1. The molecule has 106 valence electrons. The van der Waals surface area contributed by atoms with Gasteiger partial charge in [0.1, 0.15) is 0 Å². The molecule has 0 heterocycles. The molecule has 0 aliphatic rings. The maximum atomic E-state index is 11.6. The molecule has 0 aliphatic carbocycles. The van der Waals surface area contributed by atoms with E-state index in [9.17, 15) is 4.79 Å². The first kappa shape index (κ1) is 19.3. The SMILES string of the molecule is C=C/C=C\C(=C)NC(=O)c1ccccc1.CC.CC.[HH]. The molecule has 1 aromatic carbocycles. The lowest BCUT2D eigenvalue weighted by Crippen LogP contribution is -2.20. The van der Waals surface area contributed by atoms with Crippen LogP contribution in [0.3, 0.4) is 0 Å². The van der Waals surface area contributed by atoms with Gasteiger partial charge in [0.25, 0.3) is 5.91 Å². The monoisotopic (exact) mass is 261 g/mol. The van der Waals surface area contributed by atoms with E-state index < -0.39 is 0 Å². The van der Waals surface area contributed by atoms with Gasteiger partial charge in [0, 0.05) is 12.7 Å². The van der Waals surface area contributed by atoms with Gasteiger partial charge in [0.2, 0.25) is 0 Å². The van der Waals surface area contributed by atoms with Crippen molar-refractivity contribution < 1.29 is 6.22 Å². The molecule has 0 aliphatic heterocycles. The Kier molecular flexibility index (Phi) is 14.2. The third-order valence-electron chi connectivity index (χ3n) is 1.74. The summed E-state index contributed by atoms with van der Waals surface area (Å²) in [4.78, 5) is 11.6. The van der Waals surface area contributed by atoms with Crippen LogP contribution >= 0.6 is 0 Å². The highest BCUT2D eigenvalue weighted by atomic mass is 16.1. The van der Waals surface area contributed by atoms with Crippen molar-refractivity contribution in [1.82, 2.24) is 5.32 Å². The van der Waals surface area contributed by atoms with Crippen molar-refractivity contribution in [3.8, 4) is 0 Å². The summed E-state index contributed by atoms with van der Waals surface area (Å²) in [6.07, 6.45) is 5.03. The second-order valence-electron chi connectivity index (χ2n) is 2.94. The summed E-state index contributed by atoms with van der Waals surface area (Å²) in [6.45, 7) is 15.2. The van der Waals surface area contributed by atoms with Gasteiger partial charge in [-0.2, -0.15) is 0 Å². The van der Waals surface area contributed by atoms with Gasteiger partial charge in [-0.05, 0) is 18.2 Å². The van der Waals surface area contributed by atoms with E-state index in [1.807, 2.05) is 45.9 Å². The Morgan fingerprint density at radius 3 is 2.16 bits per heavy atom. The molecule has 0 atom stereocenters. The molecule has 2 nitrogen and oxygen atoms in total. The Morgan fingerprint density at radius 2 is 1.68 bits per heavy atom. The minimum absolute atomic E-state index is 0. The van der Waals surface area contributed by atoms with Gasteiger partial charge >= 0.3 is 0 Å². The highest BCUT2D eigenvalue weighted by molar-refractivity contribution is 5.95. The first-order chi connectivity index (χ1) is 9.24. The molecule has 1 aromatic rings. The summed E-state index contributed by atoms with van der Waals surface area (Å²) >= 11 is 0. The average Bonchev–Trinajstić information content (AvgIpc) is 2.50. The molecule has 0 radical (unpaired) electrons. The maximum absolute atomic E-state index is 11.6. The third kappa shape index (κ3) is 9.60. The second-order valence-corrected chi connectivity index (χ2v) is 2.94. The largest absolute Gasteiger partial charge is 0.323 e. The van der Waals surface area contributed by atoms with Crippen LogP contribution in [0.1, 0.15) is 39.5 Å². The summed E-state index contributed by atoms with van der Waals surface area (Å²) in [7, 11) is 0. The molecular weight excluding hydrogens is 234 g/mol. The Morgan fingerprint density at radius 1 is 1.16 bits per heavy atom. The minimum Gasteiger partial charge on any atom is -0.323 e. The number of rotatable bonds is 4. The second kappa shape index (κ2) is 14.0. The molecule has 0 fully saturated rings. The van der Waals surface area contributed by atoms with Crippen molar-refractivity contribution in [2.24, 2.45) is 0 Å². The van der Waals surface area contributed by atoms with Gasteiger partial charge in [-0.15, -0.1) is 0 Å². The normalized spacial score (nSPS) is 8.42. The summed E-state index contributed by atoms with van der Waals surface area (Å²) in [5, 5.41) is 2.66. The maximum Gasteiger partial charge on any atom is 0.255 e. The van der Waals surface area contributed by atoms with E-state index in [4.69, 9.17) is 0 Å². The number of nitrogens with one attached hydrogen (secondary N) is 1. The lowest BCUT2D eigenvalue weighted by molar-refractivity contribution is 0.0967. The zero-order valence-electron chi connectivity index (χ0n) is 12.4. The van der Waals surface area contributed by atoms with Crippen molar-refractivity contribution >= 4 is 5.91 Å². The van der Waals surface area contributed by atoms with E-state index >= 15 is 0 Å². The number of hydrogen-bond donors (Lipinski definition) is 1. The number of benzene rings is 1. The van der Waals surface area contributed by atoms with Crippen molar-refractivity contribution in [1.29, 1.82) is 0 Å². The van der Waals surface area contributed by atoms with Crippen LogP contribution in [0.15, 0.2) is 67.4 Å². The Balaban J connectivity index is -0.000000529. The lowest BCUT2D eigenvalue weighted by Gasteiger charge is -2.03. The smallest absolute Gasteiger partial charge is 0.255 e. The zero-order chi connectivity index (χ0) is 15.1. The third-order valence-corrected chi connectivity index (χ3v) is 1.74. The van der Waals surface area contributed by atoms with E-state index in [-0.39, 0.29) is 7.33 Å². The van der Waals surface area contributed by atoms with Gasteiger partial charge in [0.05, 0.1) is 0 Å². The van der Waals surface area contributed by atoms with Crippen LogP contribution in [0.25, 0.3) is 0 Å². The van der Waals surface area contributed by atoms with Crippen LogP contribution < -0.4 is 5.32 Å². The first-order valence-corrected chi connectivity index (χ1v) is 6.58. The van der Waals surface area contributed by atoms with Crippen LogP contribution in [0, 0.1) is 0 Å². The van der Waals surface area contributed by atoms with Gasteiger partial charge in [-0.3, -0.25) is 4.79 Å². The topological polar surface area (TPSA) is 29.1 Å². The van der Waals surface area contributed by atoms with Gasteiger partial charge in [0.15, 0.2) is 0 Å². The van der Waals surface area contributed by atoms with Crippen molar-refractivity contribution in [2.45, 2.75) is 27.7 Å². The van der Waals surface area contributed by atoms with Crippen LogP contribution in [0.2, 0.25) is 0 Å². The van der Waals surface area contributed by atoms with Crippen molar-refractivity contribution in [3.63, 3.8) is 0 Å². The highest BCUT2D eigenvalue weighted by Gasteiger charge is 2.03. The molecule has 0 spiro atoms. The standard InChI is InChI=1S/C13H13NO.2C2H6.H2/c1-3-4-8-11(2)14-13(15)12-9-6-5-7-10-12;2*1-2;/h3-10H,1-2H2,(H,14,15);2*1-2H3;1H/b8-4-;;;. The molecule has 19 heavy (non-hydrogen) atoms. The van der Waals surface area contributed by atoms with Gasteiger partial charge in [-0.25, -0.2) is 0 Å². The van der Waals surface area contributed by atoms with Gasteiger partial charge < -0.3 is 5.32 Å². The number of amides is 1. The first-order valence-electron chi connectivity index (χ1n) is 6.58. The van der Waals surface area contributed by atoms with Crippen LogP contribution in [-0.2, 0) is 0 Å². The molecule has 0 unspecified atom stereocenters. The van der Waals surface area contributed by atoms with E-state index in [1.165, 1.54) is 0 Å². The molecule has 1 rings (SSSR count). The molecule has 0 bridgehead atoms. The molecule has 1 N–H and O–H groups in total. The quantitative estimate of drug-likeness (QED) is 0.762. The lowest BCUT2D eigenvalue weighted by atomic mass is 10.2. The van der Waals surface area contributed by atoms with Crippen molar-refractivity contribution in [2.75, 3.05) is 0 Å². The molecule has 2 heteroatoms. The molecule has 1 amide bonds. The summed E-state index contributed by atoms with van der Waals surface area (Å²) in [5.74, 6) is -0.158. The fourth-order valence-corrected chi connectivity index (χ4v) is 1.03.